The number of rotatable bonds is 7. The van der Waals surface area contributed by atoms with Gasteiger partial charge in [0.1, 0.15) is 0 Å². The number of nitrogens with zero attached hydrogens (tertiary/aromatic N) is 2. The molecule has 1 aliphatic heterocycles. The Kier molecular flexibility index (Phi) is 7.34. The molecule has 1 aliphatic rings. The second kappa shape index (κ2) is 9.60. The molecule has 0 radical (unpaired) electrons. The number of aromatic amines is 1. The van der Waals surface area contributed by atoms with E-state index in [0.29, 0.717) is 18.7 Å². The monoisotopic (exact) mass is 456 g/mol. The second-order valence-corrected chi connectivity index (χ2v) is 10.3. The van der Waals surface area contributed by atoms with Crippen molar-refractivity contribution in [2.45, 2.75) is 32.2 Å². The first-order valence-electron chi connectivity index (χ1n) is 9.60. The third-order valence-electron chi connectivity index (χ3n) is 5.14. The predicted octanol–water partition coefficient (Wildman–Crippen LogP) is 2.39. The van der Waals surface area contributed by atoms with Crippen molar-refractivity contribution in [3.8, 4) is 0 Å². The van der Waals surface area contributed by atoms with Crippen LogP contribution in [0.1, 0.15) is 30.3 Å². The van der Waals surface area contributed by atoms with Gasteiger partial charge >= 0.3 is 12.6 Å². The molecule has 3 rings (SSSR count). The third kappa shape index (κ3) is 5.29. The van der Waals surface area contributed by atoms with Gasteiger partial charge in [-0.05, 0) is 37.7 Å². The molecule has 0 aliphatic carbocycles. The summed E-state index contributed by atoms with van der Waals surface area (Å²) < 4.78 is 27.3. The van der Waals surface area contributed by atoms with Gasteiger partial charge in [0.25, 0.3) is 5.56 Å². The normalized spacial score (nSPS) is 22.6. The minimum Gasteiger partial charge on any atom is -0.350 e. The first-order chi connectivity index (χ1) is 14.2. The maximum absolute atomic E-state index is 13.0. The quantitative estimate of drug-likeness (QED) is 0.616. The van der Waals surface area contributed by atoms with Gasteiger partial charge in [-0.2, -0.15) is 0 Å². The van der Waals surface area contributed by atoms with Gasteiger partial charge in [0, 0.05) is 30.9 Å². The van der Waals surface area contributed by atoms with Crippen LogP contribution in [0.3, 0.4) is 0 Å². The first kappa shape index (κ1) is 22.9. The van der Waals surface area contributed by atoms with Crippen molar-refractivity contribution in [2.24, 2.45) is 0 Å². The molecular weight excluding hydrogens is 431 g/mol. The van der Waals surface area contributed by atoms with Crippen molar-refractivity contribution in [2.75, 3.05) is 26.7 Å². The first-order valence-corrected chi connectivity index (χ1v) is 12.1. The van der Waals surface area contributed by atoms with Crippen molar-refractivity contribution in [1.82, 2.24) is 19.5 Å². The van der Waals surface area contributed by atoms with Gasteiger partial charge in [0.2, 0.25) is 0 Å². The number of benzene rings is 1. The second-order valence-electron chi connectivity index (χ2n) is 7.26. The zero-order chi connectivity index (χ0) is 21.9. The summed E-state index contributed by atoms with van der Waals surface area (Å²) in [6.45, 7) is 0.707. The minimum absolute atomic E-state index is 0.0206. The number of hydrogen-bond donors (Lipinski definition) is 2. The van der Waals surface area contributed by atoms with E-state index in [0.717, 1.165) is 5.56 Å². The Balaban J connectivity index is 1.63. The lowest BCUT2D eigenvalue weighted by Gasteiger charge is -2.33. The van der Waals surface area contributed by atoms with E-state index in [1.807, 2.05) is 37.3 Å². The Morgan fingerprint density at radius 2 is 2.03 bits per heavy atom. The van der Waals surface area contributed by atoms with Gasteiger partial charge in [0.05, 0.1) is 12.7 Å². The zero-order valence-corrected chi connectivity index (χ0v) is 18.7. The van der Waals surface area contributed by atoms with Crippen LogP contribution in [0.5, 0.6) is 0 Å². The smallest absolute Gasteiger partial charge is 0.350 e. The largest absolute Gasteiger partial charge is 0.363 e. The highest BCUT2D eigenvalue weighted by Gasteiger charge is 2.33. The van der Waals surface area contributed by atoms with Crippen LogP contribution in [-0.4, -0.2) is 47.1 Å². The average molecular weight is 457 g/mol. The molecule has 1 saturated heterocycles. The van der Waals surface area contributed by atoms with E-state index < -0.39 is 30.5 Å². The molecule has 0 amide bonds. The molecule has 0 spiro atoms. The van der Waals surface area contributed by atoms with Gasteiger partial charge in [-0.3, -0.25) is 18.9 Å². The van der Waals surface area contributed by atoms with Gasteiger partial charge in [0.15, 0.2) is 6.23 Å². The van der Waals surface area contributed by atoms with Gasteiger partial charge in [-0.25, -0.2) is 9.46 Å². The lowest BCUT2D eigenvalue weighted by atomic mass is 10.1. The van der Waals surface area contributed by atoms with Crippen molar-refractivity contribution in [1.29, 1.82) is 0 Å². The summed E-state index contributed by atoms with van der Waals surface area (Å²) in [6, 6.07) is 9.37. The topological polar surface area (TPSA) is 106 Å². The summed E-state index contributed by atoms with van der Waals surface area (Å²) in [7, 11) is 1.65. The number of H-pyrrole nitrogens is 1. The molecule has 1 unspecified atom stereocenters. The molecular formula is C19H26ClN4O5P. The van der Waals surface area contributed by atoms with Crippen molar-refractivity contribution in [3.63, 3.8) is 0 Å². The summed E-state index contributed by atoms with van der Waals surface area (Å²) in [5.41, 5.74) is 0.378. The van der Waals surface area contributed by atoms with Gasteiger partial charge in [-0.1, -0.05) is 30.3 Å². The summed E-state index contributed by atoms with van der Waals surface area (Å²) in [4.78, 5) is 25.9. The molecule has 164 valence electrons. The van der Waals surface area contributed by atoms with Gasteiger partial charge < -0.3 is 14.6 Å². The number of aryl methyl sites for hydroxylation is 1. The molecule has 2 N–H and O–H groups in total. The summed E-state index contributed by atoms with van der Waals surface area (Å²) >= 11 is 6.26. The van der Waals surface area contributed by atoms with E-state index in [2.05, 4.69) is 10.3 Å². The summed E-state index contributed by atoms with van der Waals surface area (Å²) in [6.07, 6.45) is 0.347. The summed E-state index contributed by atoms with van der Waals surface area (Å²) in [5, 5.41) is 3.16. The molecule has 1 aromatic carbocycles. The third-order valence-corrected chi connectivity index (χ3v) is 7.71. The Labute approximate surface area is 179 Å². The Hall–Kier alpha value is -1.74. The van der Waals surface area contributed by atoms with E-state index in [1.165, 1.54) is 15.4 Å². The molecule has 11 heteroatoms. The molecule has 30 heavy (non-hydrogen) atoms. The van der Waals surface area contributed by atoms with Crippen LogP contribution >= 0.6 is 18.1 Å². The zero-order valence-electron chi connectivity index (χ0n) is 17.1. The van der Waals surface area contributed by atoms with E-state index in [1.54, 1.807) is 14.0 Å². The highest BCUT2D eigenvalue weighted by atomic mass is 35.7. The van der Waals surface area contributed by atoms with Crippen LogP contribution < -0.4 is 16.6 Å². The molecule has 0 saturated carbocycles. The number of ether oxygens (including phenoxy) is 1. The summed E-state index contributed by atoms with van der Waals surface area (Å²) in [5.74, 6) is 0. The van der Waals surface area contributed by atoms with Crippen LogP contribution in [0.2, 0.25) is 0 Å². The lowest BCUT2D eigenvalue weighted by Crippen LogP contribution is -2.47. The van der Waals surface area contributed by atoms with Gasteiger partial charge in [-0.15, -0.1) is 0 Å². The maximum Gasteiger partial charge on any atom is 0.363 e. The number of nitrogens with one attached hydrogen (secondary N) is 2. The number of aromatic nitrogens is 2. The highest BCUT2D eigenvalue weighted by Crippen LogP contribution is 2.58. The van der Waals surface area contributed by atoms with Crippen molar-refractivity contribution in [3.05, 3.63) is 68.5 Å². The SMILES string of the molecule is Cc1cn([C@H]2CNC[C@@H](COP(=O)(Cl)N(C)[C@H](C)c3ccccc3)O2)c(=O)[nH]c1=O. The van der Waals surface area contributed by atoms with E-state index in [-0.39, 0.29) is 12.6 Å². The fourth-order valence-corrected chi connectivity index (χ4v) is 4.81. The Morgan fingerprint density at radius 3 is 2.73 bits per heavy atom. The predicted molar refractivity (Wildman–Crippen MR) is 115 cm³/mol. The van der Waals surface area contributed by atoms with E-state index >= 15 is 0 Å². The number of hydrogen-bond acceptors (Lipinski definition) is 6. The van der Waals surface area contributed by atoms with E-state index in [9.17, 15) is 14.2 Å². The molecule has 0 bridgehead atoms. The molecule has 9 nitrogen and oxygen atoms in total. The van der Waals surface area contributed by atoms with Crippen LogP contribution in [0.4, 0.5) is 0 Å². The van der Waals surface area contributed by atoms with Crippen LogP contribution in [0.15, 0.2) is 46.1 Å². The van der Waals surface area contributed by atoms with Crippen LogP contribution in [0, 0.1) is 6.92 Å². The van der Waals surface area contributed by atoms with Crippen LogP contribution in [0.25, 0.3) is 0 Å². The molecule has 2 aromatic rings. The highest BCUT2D eigenvalue weighted by molar-refractivity contribution is 7.83. The minimum atomic E-state index is -3.61. The van der Waals surface area contributed by atoms with E-state index in [4.69, 9.17) is 20.5 Å². The molecule has 2 heterocycles. The Bertz CT molecular complexity index is 1030. The van der Waals surface area contributed by atoms with Crippen molar-refractivity contribution >= 4 is 18.1 Å². The van der Waals surface area contributed by atoms with Crippen molar-refractivity contribution < 1.29 is 13.8 Å². The molecule has 4 atom stereocenters. The average Bonchev–Trinajstić information content (AvgIpc) is 2.74. The molecule has 1 aromatic heterocycles. The fraction of sp³-hybridized carbons (Fsp3) is 0.474. The standard InChI is InChI=1S/C19H26ClN4O5P/c1-13-11-24(19(26)22-18(13)25)17-10-21-9-16(29-17)12-28-30(20,27)23(3)14(2)15-7-5-4-6-8-15/h4-8,11,14,16-17,21H,9-10,12H2,1-3H3,(H,22,25,26)/t14-,16+,17-,30?/m1/s1. The number of morpholine rings is 1. The Morgan fingerprint density at radius 1 is 1.33 bits per heavy atom. The fourth-order valence-electron chi connectivity index (χ4n) is 3.17. The lowest BCUT2D eigenvalue weighted by molar-refractivity contribution is -0.0934. The molecule has 1 fully saturated rings. The maximum atomic E-state index is 13.0. The number of halogens is 1. The van der Waals surface area contributed by atoms with Crippen LogP contribution in [-0.2, 0) is 13.8 Å².